The predicted molar refractivity (Wildman–Crippen MR) is 74.5 cm³/mol. The van der Waals surface area contributed by atoms with Crippen molar-refractivity contribution in [3.63, 3.8) is 0 Å². The van der Waals surface area contributed by atoms with Crippen LogP contribution in [0.5, 0.6) is 0 Å². The van der Waals surface area contributed by atoms with Crippen LogP contribution in [0.3, 0.4) is 0 Å². The van der Waals surface area contributed by atoms with Gasteiger partial charge in [0.2, 0.25) is 15.9 Å². The second-order valence-electron chi connectivity index (χ2n) is 4.69. The van der Waals surface area contributed by atoms with E-state index in [1.807, 2.05) is 0 Å². The van der Waals surface area contributed by atoms with Crippen molar-refractivity contribution >= 4 is 33.5 Å². The van der Waals surface area contributed by atoms with E-state index in [-0.39, 0.29) is 28.1 Å². The molecular formula is C12H13ClN2O5S. The van der Waals surface area contributed by atoms with E-state index < -0.39 is 22.0 Å². The molecule has 0 aliphatic carbocycles. The lowest BCUT2D eigenvalue weighted by atomic mass is 10.2. The maximum Gasteiger partial charge on any atom is 0.337 e. The van der Waals surface area contributed by atoms with Gasteiger partial charge in [-0.15, -0.1) is 0 Å². The number of rotatable bonds is 3. The van der Waals surface area contributed by atoms with Gasteiger partial charge in [-0.3, -0.25) is 4.79 Å². The van der Waals surface area contributed by atoms with Gasteiger partial charge in [-0.25, -0.2) is 13.2 Å². The Bertz CT molecular complexity index is 718. The minimum Gasteiger partial charge on any atom is -0.478 e. The Balaban J connectivity index is 2.44. The number of carboxylic acids is 1. The first-order valence-electron chi connectivity index (χ1n) is 5.96. The SMILES string of the molecule is CC1C(=O)N(C)CN1S(=O)(=O)c1ccc(C(=O)O)c(Cl)c1. The zero-order chi connectivity index (χ0) is 15.9. The van der Waals surface area contributed by atoms with Gasteiger partial charge in [0.15, 0.2) is 0 Å². The van der Waals surface area contributed by atoms with E-state index in [1.54, 1.807) is 0 Å². The van der Waals surface area contributed by atoms with Crippen molar-refractivity contribution in [1.82, 2.24) is 9.21 Å². The Hall–Kier alpha value is -1.64. The fourth-order valence-corrected chi connectivity index (χ4v) is 4.03. The molecule has 0 radical (unpaired) electrons. The van der Waals surface area contributed by atoms with Crippen LogP contribution in [0.4, 0.5) is 0 Å². The first-order chi connectivity index (χ1) is 9.66. The molecule has 7 nitrogen and oxygen atoms in total. The van der Waals surface area contributed by atoms with Crippen LogP contribution < -0.4 is 0 Å². The van der Waals surface area contributed by atoms with Gasteiger partial charge in [0, 0.05) is 7.05 Å². The summed E-state index contributed by atoms with van der Waals surface area (Å²) in [6, 6.07) is 2.57. The number of amides is 1. The molecule has 0 aromatic heterocycles. The summed E-state index contributed by atoms with van der Waals surface area (Å²) in [7, 11) is -2.42. The van der Waals surface area contributed by atoms with E-state index in [1.165, 1.54) is 24.9 Å². The van der Waals surface area contributed by atoms with E-state index in [0.717, 1.165) is 16.4 Å². The molecule has 1 aliphatic rings. The summed E-state index contributed by atoms with van der Waals surface area (Å²) in [5, 5.41) is 8.72. The van der Waals surface area contributed by atoms with Gasteiger partial charge in [-0.2, -0.15) is 4.31 Å². The van der Waals surface area contributed by atoms with Crippen LogP contribution in [0.15, 0.2) is 23.1 Å². The highest BCUT2D eigenvalue weighted by Gasteiger charge is 2.41. The lowest BCUT2D eigenvalue weighted by molar-refractivity contribution is -0.127. The first-order valence-corrected chi connectivity index (χ1v) is 7.77. The number of sulfonamides is 1. The number of hydrogen-bond donors (Lipinski definition) is 1. The van der Waals surface area contributed by atoms with Crippen molar-refractivity contribution < 1.29 is 23.1 Å². The fourth-order valence-electron chi connectivity index (χ4n) is 2.09. The molecule has 1 aromatic carbocycles. The molecule has 0 spiro atoms. The number of hydrogen-bond acceptors (Lipinski definition) is 4. The summed E-state index contributed by atoms with van der Waals surface area (Å²) in [6.07, 6.45) is 0. The number of nitrogens with zero attached hydrogens (tertiary/aromatic N) is 2. The summed E-state index contributed by atoms with van der Waals surface area (Å²) in [6.45, 7) is 1.44. The van der Waals surface area contributed by atoms with Crippen LogP contribution in [0.2, 0.25) is 5.02 Å². The van der Waals surface area contributed by atoms with Crippen LogP contribution >= 0.6 is 11.6 Å². The van der Waals surface area contributed by atoms with Crippen LogP contribution in [0.25, 0.3) is 0 Å². The summed E-state index contributed by atoms with van der Waals surface area (Å²) in [5.41, 5.74) is -0.182. The lowest BCUT2D eigenvalue weighted by Gasteiger charge is -2.19. The Morgan fingerprint density at radius 1 is 1.43 bits per heavy atom. The van der Waals surface area contributed by atoms with E-state index in [4.69, 9.17) is 16.7 Å². The number of halogens is 1. The van der Waals surface area contributed by atoms with Crippen molar-refractivity contribution in [3.05, 3.63) is 28.8 Å². The molecule has 2 rings (SSSR count). The average molecular weight is 333 g/mol. The normalized spacial score (nSPS) is 20.0. The van der Waals surface area contributed by atoms with Gasteiger partial charge >= 0.3 is 5.97 Å². The number of benzene rings is 1. The van der Waals surface area contributed by atoms with Gasteiger partial charge in [-0.1, -0.05) is 11.6 Å². The maximum absolute atomic E-state index is 12.5. The highest BCUT2D eigenvalue weighted by molar-refractivity contribution is 7.89. The number of carbonyl (C=O) groups is 2. The van der Waals surface area contributed by atoms with E-state index in [9.17, 15) is 18.0 Å². The summed E-state index contributed by atoms with van der Waals surface area (Å²) < 4.78 is 26.1. The summed E-state index contributed by atoms with van der Waals surface area (Å²) in [4.78, 5) is 23.8. The molecule has 1 atom stereocenters. The van der Waals surface area contributed by atoms with Crippen molar-refractivity contribution in [2.45, 2.75) is 17.9 Å². The Morgan fingerprint density at radius 3 is 2.48 bits per heavy atom. The monoisotopic (exact) mass is 332 g/mol. The molecule has 1 amide bonds. The molecule has 9 heteroatoms. The van der Waals surface area contributed by atoms with Gasteiger partial charge in [-0.05, 0) is 25.1 Å². The molecule has 1 aromatic rings. The fraction of sp³-hybridized carbons (Fsp3) is 0.333. The topological polar surface area (TPSA) is 95.0 Å². The van der Waals surface area contributed by atoms with Crippen LogP contribution in [-0.4, -0.2) is 54.4 Å². The third-order valence-corrected chi connectivity index (χ3v) is 5.51. The number of carboxylic acid groups (broad SMARTS) is 1. The van der Waals surface area contributed by atoms with Crippen molar-refractivity contribution in [2.75, 3.05) is 13.7 Å². The second-order valence-corrected chi connectivity index (χ2v) is 6.99. The zero-order valence-electron chi connectivity index (χ0n) is 11.3. The van der Waals surface area contributed by atoms with E-state index in [2.05, 4.69) is 0 Å². The predicted octanol–water partition coefficient (Wildman–Crippen LogP) is 0.847. The van der Waals surface area contributed by atoms with Gasteiger partial charge in [0.05, 0.1) is 22.2 Å². The molecule has 1 N–H and O–H groups in total. The molecule has 1 unspecified atom stereocenters. The molecule has 114 valence electrons. The molecule has 21 heavy (non-hydrogen) atoms. The number of carbonyl (C=O) groups excluding carboxylic acids is 1. The smallest absolute Gasteiger partial charge is 0.337 e. The lowest BCUT2D eigenvalue weighted by Crippen LogP contribution is -2.36. The van der Waals surface area contributed by atoms with E-state index in [0.29, 0.717) is 0 Å². The Labute approximate surface area is 126 Å². The zero-order valence-corrected chi connectivity index (χ0v) is 12.8. The third kappa shape index (κ3) is 2.61. The Kier molecular flexibility index (Phi) is 3.96. The Morgan fingerprint density at radius 2 is 2.05 bits per heavy atom. The second kappa shape index (κ2) is 5.28. The highest BCUT2D eigenvalue weighted by Crippen LogP contribution is 2.27. The van der Waals surface area contributed by atoms with Crippen molar-refractivity contribution in [1.29, 1.82) is 0 Å². The third-order valence-electron chi connectivity index (χ3n) is 3.29. The number of aromatic carboxylic acids is 1. The molecule has 1 heterocycles. The molecule has 1 fully saturated rings. The molecule has 0 bridgehead atoms. The average Bonchev–Trinajstić information content (AvgIpc) is 2.66. The minimum absolute atomic E-state index is 0.0549. The van der Waals surface area contributed by atoms with Crippen LogP contribution in [0, 0.1) is 0 Å². The summed E-state index contributed by atoms with van der Waals surface area (Å²) >= 11 is 5.79. The van der Waals surface area contributed by atoms with Crippen LogP contribution in [-0.2, 0) is 14.8 Å². The first kappa shape index (κ1) is 15.7. The highest BCUT2D eigenvalue weighted by atomic mass is 35.5. The molecular weight excluding hydrogens is 320 g/mol. The quantitative estimate of drug-likeness (QED) is 0.885. The molecule has 0 saturated carbocycles. The minimum atomic E-state index is -3.93. The van der Waals surface area contributed by atoms with Gasteiger partial charge in [0.25, 0.3) is 0 Å². The van der Waals surface area contributed by atoms with Gasteiger partial charge < -0.3 is 10.0 Å². The standard InChI is InChI=1S/C12H13ClN2O5S/c1-7-11(16)14(2)6-15(7)21(19,20)8-3-4-9(12(17)18)10(13)5-8/h3-5,7H,6H2,1-2H3,(H,17,18). The largest absolute Gasteiger partial charge is 0.478 e. The van der Waals surface area contributed by atoms with Gasteiger partial charge in [0.1, 0.15) is 6.04 Å². The van der Waals surface area contributed by atoms with Crippen LogP contribution in [0.1, 0.15) is 17.3 Å². The number of likely N-dealkylation sites (N-methyl/N-ethyl adjacent to an activating group) is 1. The molecule has 1 saturated heterocycles. The van der Waals surface area contributed by atoms with Crippen molar-refractivity contribution in [3.8, 4) is 0 Å². The summed E-state index contributed by atoms with van der Waals surface area (Å²) in [5.74, 6) is -1.54. The molecule has 1 aliphatic heterocycles. The maximum atomic E-state index is 12.5. The van der Waals surface area contributed by atoms with Crippen molar-refractivity contribution in [2.24, 2.45) is 0 Å². The van der Waals surface area contributed by atoms with E-state index >= 15 is 0 Å².